The topological polar surface area (TPSA) is 89.9 Å². The number of rotatable bonds is 3. The monoisotopic (exact) mass is 340 g/mol. The third kappa shape index (κ3) is 3.19. The van der Waals surface area contributed by atoms with E-state index in [1.54, 1.807) is 0 Å². The molecule has 1 aliphatic heterocycles. The molecule has 1 N–H and O–H groups in total. The van der Waals surface area contributed by atoms with E-state index in [0.29, 0.717) is 31.6 Å². The molecule has 0 amide bonds. The molecule has 2 fully saturated rings. The molecule has 1 spiro atoms. The standard InChI is InChI=1S/C16H20O6S/c1-23(19,20)13-4-2-12(3-5-13)14(17)15(18)6-8-16(9-7-15)21-10-11-22-16/h2-5,18H,6-11H2,1H3. The van der Waals surface area contributed by atoms with Crippen LogP contribution in [-0.2, 0) is 19.3 Å². The lowest BCUT2D eigenvalue weighted by Gasteiger charge is -2.39. The molecule has 0 aromatic heterocycles. The van der Waals surface area contributed by atoms with Gasteiger partial charge in [-0.1, -0.05) is 12.1 Å². The van der Waals surface area contributed by atoms with E-state index in [1.165, 1.54) is 24.3 Å². The first-order valence-electron chi connectivity index (χ1n) is 7.59. The van der Waals surface area contributed by atoms with Crippen LogP contribution in [0.3, 0.4) is 0 Å². The third-order valence-corrected chi connectivity index (χ3v) is 5.75. The second kappa shape index (κ2) is 5.66. The first kappa shape index (κ1) is 16.6. The lowest BCUT2D eigenvalue weighted by molar-refractivity contribution is -0.195. The maximum atomic E-state index is 12.6. The van der Waals surface area contributed by atoms with Crippen molar-refractivity contribution in [2.45, 2.75) is 42.0 Å². The minimum atomic E-state index is -3.31. The van der Waals surface area contributed by atoms with E-state index in [0.717, 1.165) is 6.26 Å². The number of carbonyl (C=O) groups excluding carboxylic acids is 1. The summed E-state index contributed by atoms with van der Waals surface area (Å²) in [5.74, 6) is -1.03. The zero-order valence-electron chi connectivity index (χ0n) is 12.9. The molecule has 0 atom stereocenters. The van der Waals surface area contributed by atoms with Crippen molar-refractivity contribution in [2.24, 2.45) is 0 Å². The number of hydrogen-bond donors (Lipinski definition) is 1. The van der Waals surface area contributed by atoms with Gasteiger partial charge in [-0.15, -0.1) is 0 Å². The molecule has 7 heteroatoms. The number of hydrogen-bond acceptors (Lipinski definition) is 6. The summed E-state index contributed by atoms with van der Waals surface area (Å²) in [6, 6.07) is 5.67. The molecule has 2 aliphatic rings. The van der Waals surface area contributed by atoms with Gasteiger partial charge in [-0.3, -0.25) is 4.79 Å². The predicted octanol–water partition coefficient (Wildman–Crippen LogP) is 1.32. The molecule has 23 heavy (non-hydrogen) atoms. The quantitative estimate of drug-likeness (QED) is 0.835. The second-order valence-corrected chi connectivity index (χ2v) is 8.28. The lowest BCUT2D eigenvalue weighted by Crippen LogP contribution is -2.48. The maximum Gasteiger partial charge on any atom is 0.194 e. The zero-order valence-corrected chi connectivity index (χ0v) is 13.8. The minimum absolute atomic E-state index is 0.149. The molecule has 6 nitrogen and oxygen atoms in total. The van der Waals surface area contributed by atoms with Crippen molar-refractivity contribution in [3.05, 3.63) is 29.8 Å². The van der Waals surface area contributed by atoms with Gasteiger partial charge in [0.05, 0.1) is 18.1 Å². The fourth-order valence-electron chi connectivity index (χ4n) is 3.18. The van der Waals surface area contributed by atoms with Crippen molar-refractivity contribution in [3.63, 3.8) is 0 Å². The van der Waals surface area contributed by atoms with Gasteiger partial charge >= 0.3 is 0 Å². The number of Topliss-reactive ketones (excluding diaryl/α,β-unsaturated/α-hetero) is 1. The van der Waals surface area contributed by atoms with E-state index in [4.69, 9.17) is 9.47 Å². The Hall–Kier alpha value is -1.28. The zero-order chi connectivity index (χ0) is 16.7. The van der Waals surface area contributed by atoms with E-state index < -0.39 is 21.2 Å². The Balaban J connectivity index is 1.75. The second-order valence-electron chi connectivity index (χ2n) is 6.26. The van der Waals surface area contributed by atoms with Crippen LogP contribution in [0, 0.1) is 0 Å². The van der Waals surface area contributed by atoms with Gasteiger partial charge in [0, 0.05) is 24.7 Å². The highest BCUT2D eigenvalue weighted by atomic mass is 32.2. The summed E-state index contributed by atoms with van der Waals surface area (Å²) in [4.78, 5) is 12.8. The minimum Gasteiger partial charge on any atom is -0.382 e. The summed E-state index contributed by atoms with van der Waals surface area (Å²) in [6.45, 7) is 1.08. The molecule has 0 unspecified atom stereocenters. The fourth-order valence-corrected chi connectivity index (χ4v) is 3.81. The van der Waals surface area contributed by atoms with Crippen molar-refractivity contribution < 1.29 is 27.8 Å². The number of carbonyl (C=O) groups is 1. The Morgan fingerprint density at radius 1 is 1.04 bits per heavy atom. The van der Waals surface area contributed by atoms with Crippen LogP contribution in [0.5, 0.6) is 0 Å². The van der Waals surface area contributed by atoms with Crippen molar-refractivity contribution in [1.29, 1.82) is 0 Å². The van der Waals surface area contributed by atoms with Crippen molar-refractivity contribution in [3.8, 4) is 0 Å². The number of sulfone groups is 1. The average molecular weight is 340 g/mol. The Kier molecular flexibility index (Phi) is 4.08. The molecular weight excluding hydrogens is 320 g/mol. The number of benzene rings is 1. The summed E-state index contributed by atoms with van der Waals surface area (Å²) in [6.07, 6.45) is 2.58. The van der Waals surface area contributed by atoms with Crippen LogP contribution in [0.1, 0.15) is 36.0 Å². The maximum absolute atomic E-state index is 12.6. The molecule has 1 saturated heterocycles. The van der Waals surface area contributed by atoms with Gasteiger partial charge in [-0.25, -0.2) is 8.42 Å². The molecule has 126 valence electrons. The molecule has 1 heterocycles. The van der Waals surface area contributed by atoms with Crippen LogP contribution >= 0.6 is 0 Å². The molecule has 1 aliphatic carbocycles. The van der Waals surface area contributed by atoms with Gasteiger partial charge in [0.2, 0.25) is 0 Å². The Labute approximate surface area is 135 Å². The smallest absolute Gasteiger partial charge is 0.194 e. The summed E-state index contributed by atoms with van der Waals surface area (Å²) < 4.78 is 34.1. The summed E-state index contributed by atoms with van der Waals surface area (Å²) in [7, 11) is -3.31. The Morgan fingerprint density at radius 3 is 2.04 bits per heavy atom. The highest BCUT2D eigenvalue weighted by Crippen LogP contribution is 2.41. The van der Waals surface area contributed by atoms with Gasteiger partial charge in [-0.2, -0.15) is 0 Å². The van der Waals surface area contributed by atoms with E-state index in [1.807, 2.05) is 0 Å². The van der Waals surface area contributed by atoms with Crippen molar-refractivity contribution in [1.82, 2.24) is 0 Å². The molecule has 1 aromatic carbocycles. The normalized spacial score (nSPS) is 23.0. The van der Waals surface area contributed by atoms with E-state index >= 15 is 0 Å². The Morgan fingerprint density at radius 2 is 1.57 bits per heavy atom. The van der Waals surface area contributed by atoms with Crippen molar-refractivity contribution >= 4 is 15.6 Å². The molecule has 0 radical (unpaired) electrons. The van der Waals surface area contributed by atoms with Gasteiger partial charge in [0.1, 0.15) is 5.60 Å². The number of ketones is 1. The van der Waals surface area contributed by atoms with Crippen LogP contribution in [0.2, 0.25) is 0 Å². The molecule has 1 aromatic rings. The number of aliphatic hydroxyl groups is 1. The summed E-state index contributed by atoms with van der Waals surface area (Å²) >= 11 is 0. The lowest BCUT2D eigenvalue weighted by atomic mass is 9.77. The third-order valence-electron chi connectivity index (χ3n) is 4.62. The molecule has 3 rings (SSSR count). The van der Waals surface area contributed by atoms with E-state index in [2.05, 4.69) is 0 Å². The summed E-state index contributed by atoms with van der Waals surface area (Å²) in [5.41, 5.74) is -1.14. The van der Waals surface area contributed by atoms with Gasteiger partial charge in [-0.05, 0) is 25.0 Å². The predicted molar refractivity (Wildman–Crippen MR) is 81.9 cm³/mol. The van der Waals surface area contributed by atoms with Gasteiger partial charge < -0.3 is 14.6 Å². The van der Waals surface area contributed by atoms with Gasteiger partial charge in [0.25, 0.3) is 0 Å². The number of ether oxygens (including phenoxy) is 2. The summed E-state index contributed by atoms with van der Waals surface area (Å²) in [5, 5.41) is 10.7. The Bertz CT molecular complexity index is 691. The van der Waals surface area contributed by atoms with E-state index in [-0.39, 0.29) is 23.5 Å². The van der Waals surface area contributed by atoms with Crippen molar-refractivity contribution in [2.75, 3.05) is 19.5 Å². The van der Waals surface area contributed by atoms with Crippen LogP contribution in [0.25, 0.3) is 0 Å². The first-order valence-corrected chi connectivity index (χ1v) is 9.49. The average Bonchev–Trinajstić information content (AvgIpc) is 2.98. The van der Waals surface area contributed by atoms with Crippen LogP contribution in [0.4, 0.5) is 0 Å². The highest BCUT2D eigenvalue weighted by molar-refractivity contribution is 7.90. The van der Waals surface area contributed by atoms with Crippen LogP contribution < -0.4 is 0 Å². The molecular formula is C16H20O6S. The largest absolute Gasteiger partial charge is 0.382 e. The molecule has 1 saturated carbocycles. The van der Waals surface area contributed by atoms with Gasteiger partial charge in [0.15, 0.2) is 21.4 Å². The van der Waals surface area contributed by atoms with E-state index in [9.17, 15) is 18.3 Å². The fraction of sp³-hybridized carbons (Fsp3) is 0.562. The highest BCUT2D eigenvalue weighted by Gasteiger charge is 2.48. The van der Waals surface area contributed by atoms with Crippen LogP contribution in [-0.4, -0.2) is 50.2 Å². The van der Waals surface area contributed by atoms with Crippen LogP contribution in [0.15, 0.2) is 29.2 Å². The SMILES string of the molecule is CS(=O)(=O)c1ccc(C(=O)C2(O)CCC3(CC2)OCCO3)cc1. The molecule has 0 bridgehead atoms. The first-order chi connectivity index (χ1) is 10.7.